The standard InChI is InChI=1S/C44H48ClN7O5/c1-43(2)41(44(3,4)42(43)57-32-8-6-29(20-46)34(45)19-32)52-37(53)12-10-35(40(52)56)51-25-31-18-27(5-9-33(31)39(51)55)17-28-23-49(24-28)22-26-13-15-50(16-14-26)36-11-7-30(21-48-36)38(47)54/h5-9,11,17-19,21,26,35,41-42H,10,12-16,22-25H2,1-4H3,(H2,47,54). The van der Waals surface area contributed by atoms with Crippen LogP contribution in [0.25, 0.3) is 6.08 Å². The van der Waals surface area contributed by atoms with Crippen LogP contribution in [0, 0.1) is 28.1 Å². The number of carbonyl (C=O) groups is 4. The maximum atomic E-state index is 14.3. The summed E-state index contributed by atoms with van der Waals surface area (Å²) in [5.74, 6) is 0.793. The zero-order valence-corrected chi connectivity index (χ0v) is 33.6. The van der Waals surface area contributed by atoms with Gasteiger partial charge in [-0.1, -0.05) is 51.4 Å². The zero-order valence-electron chi connectivity index (χ0n) is 32.8. The lowest BCUT2D eigenvalue weighted by molar-refractivity contribution is -0.216. The van der Waals surface area contributed by atoms with E-state index >= 15 is 0 Å². The number of likely N-dealkylation sites (tertiary alicyclic amines) is 2. The van der Waals surface area contributed by atoms with Gasteiger partial charge in [0.25, 0.3) is 11.8 Å². The van der Waals surface area contributed by atoms with Crippen LogP contribution in [0.3, 0.4) is 0 Å². The van der Waals surface area contributed by atoms with Gasteiger partial charge in [0.15, 0.2) is 0 Å². The van der Waals surface area contributed by atoms with Gasteiger partial charge in [-0.15, -0.1) is 0 Å². The second kappa shape index (κ2) is 14.6. The first kappa shape index (κ1) is 38.6. The molecule has 1 unspecified atom stereocenters. The highest BCUT2D eigenvalue weighted by Crippen LogP contribution is 2.58. The van der Waals surface area contributed by atoms with Crippen molar-refractivity contribution in [3.05, 3.63) is 93.1 Å². The van der Waals surface area contributed by atoms with E-state index in [1.54, 1.807) is 35.4 Å². The molecule has 13 heteroatoms. The fourth-order valence-electron chi connectivity index (χ4n) is 10.3. The van der Waals surface area contributed by atoms with Crippen LogP contribution in [0.5, 0.6) is 5.75 Å². The monoisotopic (exact) mass is 789 g/mol. The molecule has 2 aromatic carbocycles. The van der Waals surface area contributed by atoms with Crippen LogP contribution in [0.2, 0.25) is 5.02 Å². The van der Waals surface area contributed by atoms with Crippen molar-refractivity contribution in [3.8, 4) is 11.8 Å². The summed E-state index contributed by atoms with van der Waals surface area (Å²) >= 11 is 6.28. The van der Waals surface area contributed by atoms with E-state index in [1.165, 1.54) is 10.5 Å². The molecule has 296 valence electrons. The van der Waals surface area contributed by atoms with Gasteiger partial charge in [-0.05, 0) is 78.3 Å². The number of nitrogens with two attached hydrogens (primary N) is 1. The normalized spacial score (nSPS) is 24.4. The number of anilines is 1. The van der Waals surface area contributed by atoms with Crippen molar-refractivity contribution in [1.82, 2.24) is 19.7 Å². The number of amides is 4. The fraction of sp³-hybridized carbons (Fsp3) is 0.455. The maximum absolute atomic E-state index is 14.3. The number of carbonyl (C=O) groups excluding carboxylic acids is 4. The number of imide groups is 1. The Bertz CT molecular complexity index is 2200. The molecule has 0 spiro atoms. The Morgan fingerprint density at radius 1 is 1.00 bits per heavy atom. The number of aromatic nitrogens is 1. The van der Waals surface area contributed by atoms with E-state index in [0.29, 0.717) is 39.9 Å². The van der Waals surface area contributed by atoms with Crippen LogP contribution in [-0.2, 0) is 16.1 Å². The number of halogens is 1. The third-order valence-electron chi connectivity index (χ3n) is 12.8. The summed E-state index contributed by atoms with van der Waals surface area (Å²) in [5, 5.41) is 9.57. The van der Waals surface area contributed by atoms with E-state index in [2.05, 4.69) is 33.0 Å². The van der Waals surface area contributed by atoms with Gasteiger partial charge in [-0.3, -0.25) is 29.0 Å². The van der Waals surface area contributed by atoms with Crippen molar-refractivity contribution in [2.75, 3.05) is 37.6 Å². The number of primary amides is 1. The molecule has 5 heterocycles. The Balaban J connectivity index is 0.869. The summed E-state index contributed by atoms with van der Waals surface area (Å²) < 4.78 is 6.43. The molecule has 1 atom stereocenters. The van der Waals surface area contributed by atoms with Crippen molar-refractivity contribution in [1.29, 1.82) is 5.26 Å². The molecule has 4 fully saturated rings. The number of hydrogen-bond acceptors (Lipinski definition) is 9. The van der Waals surface area contributed by atoms with Crippen LogP contribution in [-0.4, -0.2) is 94.2 Å². The molecule has 1 aromatic heterocycles. The molecule has 4 amide bonds. The lowest BCUT2D eigenvalue weighted by Gasteiger charge is -2.66. The first-order chi connectivity index (χ1) is 27.1. The quantitative estimate of drug-likeness (QED) is 0.270. The number of benzene rings is 2. The van der Waals surface area contributed by atoms with E-state index in [1.807, 2.05) is 45.9 Å². The highest BCUT2D eigenvalue weighted by Gasteiger charge is 2.68. The minimum absolute atomic E-state index is 0.173. The van der Waals surface area contributed by atoms with Gasteiger partial charge in [-0.25, -0.2) is 4.98 Å². The molecule has 57 heavy (non-hydrogen) atoms. The van der Waals surface area contributed by atoms with Crippen LogP contribution >= 0.6 is 11.6 Å². The molecular formula is C44H48ClN7O5. The summed E-state index contributed by atoms with van der Waals surface area (Å²) in [6, 6.07) is 15.3. The highest BCUT2D eigenvalue weighted by atomic mass is 35.5. The third kappa shape index (κ3) is 6.95. The molecule has 2 N–H and O–H groups in total. The average Bonchev–Trinajstić information content (AvgIpc) is 3.49. The van der Waals surface area contributed by atoms with Crippen molar-refractivity contribution in [2.45, 2.75) is 78.1 Å². The van der Waals surface area contributed by atoms with Gasteiger partial charge < -0.3 is 20.3 Å². The molecule has 8 rings (SSSR count). The highest BCUT2D eigenvalue weighted by molar-refractivity contribution is 6.31. The minimum atomic E-state index is -0.737. The van der Waals surface area contributed by atoms with Gasteiger partial charge in [0.05, 0.1) is 22.2 Å². The molecule has 1 saturated carbocycles. The van der Waals surface area contributed by atoms with Gasteiger partial charge in [0, 0.05) is 74.3 Å². The maximum Gasteiger partial charge on any atom is 0.255 e. The lowest BCUT2D eigenvalue weighted by Crippen LogP contribution is -2.77. The van der Waals surface area contributed by atoms with E-state index in [9.17, 15) is 24.4 Å². The molecule has 12 nitrogen and oxygen atoms in total. The number of fused-ring (bicyclic) bond motifs is 1. The Hall–Kier alpha value is -5.25. The van der Waals surface area contributed by atoms with Crippen LogP contribution in [0.4, 0.5) is 5.82 Å². The summed E-state index contributed by atoms with van der Waals surface area (Å²) in [5.41, 5.74) is 8.80. The van der Waals surface area contributed by atoms with E-state index in [0.717, 1.165) is 62.5 Å². The van der Waals surface area contributed by atoms with Gasteiger partial charge >= 0.3 is 0 Å². The second-order valence-electron chi connectivity index (χ2n) is 17.5. The van der Waals surface area contributed by atoms with Crippen LogP contribution in [0.15, 0.2) is 60.3 Å². The molecule has 0 radical (unpaired) electrons. The SMILES string of the molecule is CC1(C)C(Oc2ccc(C#N)c(Cl)c2)C(C)(C)C1N1C(=O)CCC(N2Cc3cc(C=C4CN(CC5CCN(c6ccc(C(N)=O)cn6)CC5)C4)ccc3C2=O)C1=O. The van der Waals surface area contributed by atoms with E-state index in [-0.39, 0.29) is 36.7 Å². The molecule has 0 bridgehead atoms. The number of nitrogens with zero attached hydrogens (tertiary/aromatic N) is 6. The zero-order chi connectivity index (χ0) is 40.4. The summed E-state index contributed by atoms with van der Waals surface area (Å²) in [6.45, 7) is 13.0. The minimum Gasteiger partial charge on any atom is -0.489 e. The Morgan fingerprint density at radius 2 is 1.74 bits per heavy atom. The predicted octanol–water partition coefficient (Wildman–Crippen LogP) is 5.68. The number of rotatable bonds is 9. The van der Waals surface area contributed by atoms with Gasteiger partial charge in [-0.2, -0.15) is 5.26 Å². The summed E-state index contributed by atoms with van der Waals surface area (Å²) in [6.07, 6.45) is 6.03. The number of ether oxygens (including phenoxy) is 1. The summed E-state index contributed by atoms with van der Waals surface area (Å²) in [7, 11) is 0. The first-order valence-corrected chi connectivity index (χ1v) is 20.1. The molecule has 4 aliphatic heterocycles. The molecule has 3 saturated heterocycles. The molecule has 3 aromatic rings. The number of pyridine rings is 1. The third-order valence-corrected chi connectivity index (χ3v) is 13.1. The Labute approximate surface area is 338 Å². The van der Waals surface area contributed by atoms with E-state index < -0.39 is 28.8 Å². The van der Waals surface area contributed by atoms with Gasteiger partial charge in [0.2, 0.25) is 11.8 Å². The van der Waals surface area contributed by atoms with Crippen molar-refractivity contribution in [3.63, 3.8) is 0 Å². The summed E-state index contributed by atoms with van der Waals surface area (Å²) in [4.78, 5) is 65.3. The smallest absolute Gasteiger partial charge is 0.255 e. The molecule has 1 aliphatic carbocycles. The average molecular weight is 790 g/mol. The Morgan fingerprint density at radius 3 is 2.39 bits per heavy atom. The van der Waals surface area contributed by atoms with Crippen LogP contribution < -0.4 is 15.4 Å². The number of piperidine rings is 2. The number of hydrogen-bond donors (Lipinski definition) is 1. The number of nitriles is 1. The molecule has 5 aliphatic rings. The Kier molecular flexibility index (Phi) is 9.89. The van der Waals surface area contributed by atoms with Crippen molar-refractivity contribution >= 4 is 47.1 Å². The second-order valence-corrected chi connectivity index (χ2v) is 17.9. The fourth-order valence-corrected chi connectivity index (χ4v) is 10.6. The molecular weight excluding hydrogens is 742 g/mol. The van der Waals surface area contributed by atoms with Gasteiger partial charge in [0.1, 0.15) is 29.8 Å². The van der Waals surface area contributed by atoms with Crippen molar-refractivity contribution < 1.29 is 23.9 Å². The van der Waals surface area contributed by atoms with E-state index in [4.69, 9.17) is 22.1 Å². The lowest BCUT2D eigenvalue weighted by atomic mass is 9.48. The van der Waals surface area contributed by atoms with Crippen molar-refractivity contribution in [2.24, 2.45) is 22.5 Å². The first-order valence-electron chi connectivity index (χ1n) is 19.7. The topological polar surface area (TPSA) is 153 Å². The predicted molar refractivity (Wildman–Crippen MR) is 215 cm³/mol. The largest absolute Gasteiger partial charge is 0.489 e. The van der Waals surface area contributed by atoms with Crippen LogP contribution in [0.1, 0.15) is 90.8 Å².